The molecule has 42 heavy (non-hydrogen) atoms. The molecule has 4 fully saturated rings. The Kier molecular flexibility index (Phi) is 9.97. The van der Waals surface area contributed by atoms with Crippen LogP contribution in [0.4, 0.5) is 0 Å². The van der Waals surface area contributed by atoms with E-state index < -0.39 is 5.97 Å². The minimum Gasteiger partial charge on any atom is -0.478 e. The summed E-state index contributed by atoms with van der Waals surface area (Å²) in [7, 11) is 0. The molecule has 7 heteroatoms. The van der Waals surface area contributed by atoms with Gasteiger partial charge in [-0.1, -0.05) is 54.1 Å². The first kappa shape index (κ1) is 30.7. The largest absolute Gasteiger partial charge is 0.478 e. The van der Waals surface area contributed by atoms with Crippen molar-refractivity contribution in [2.45, 2.75) is 74.6 Å². The lowest BCUT2D eigenvalue weighted by Gasteiger charge is -2.55. The average Bonchev–Trinajstić information content (AvgIpc) is 2.95. The molecule has 0 aromatic heterocycles. The van der Waals surface area contributed by atoms with Crippen LogP contribution in [0.2, 0.25) is 5.02 Å². The maximum absolute atomic E-state index is 12.8. The van der Waals surface area contributed by atoms with E-state index >= 15 is 0 Å². The molecule has 3 N–H and O–H groups in total. The first-order valence-electron chi connectivity index (χ1n) is 15.0. The predicted octanol–water partition coefficient (Wildman–Crippen LogP) is 7.84. The van der Waals surface area contributed by atoms with Crippen LogP contribution in [0.5, 0.6) is 0 Å². The van der Waals surface area contributed by atoms with Crippen LogP contribution in [0.1, 0.15) is 72.5 Å². The number of hydrogen-bond acceptors (Lipinski definition) is 4. The number of benzene rings is 3. The standard InChI is InChI=1S/C25H24ClNO3S.C10H17N/c1-2-27(16-19-7-11-21(26)12-8-19)24(28)15-18-9-13-22(14-10-18)31-17-20-5-3-4-6-23(20)25(29)30;11-10-4-7-1-8(5-10)3-9(2-7)6-10/h3-14H,2,15-17H2,1H3,(H,29,30);7-9H,1-6,11H2. The zero-order valence-electron chi connectivity index (χ0n) is 24.3. The molecule has 0 aliphatic heterocycles. The third-order valence-electron chi connectivity index (χ3n) is 9.03. The SMILES string of the molecule is CCN(Cc1ccc(Cl)cc1)C(=O)Cc1ccc(SCc2ccccc2C(=O)O)cc1.NC12CC3CC(CC(C3)C1)C2. The van der Waals surface area contributed by atoms with Crippen molar-refractivity contribution in [3.8, 4) is 0 Å². The van der Waals surface area contributed by atoms with E-state index in [9.17, 15) is 14.7 Å². The average molecular weight is 605 g/mol. The summed E-state index contributed by atoms with van der Waals surface area (Å²) in [6.45, 7) is 3.17. The molecule has 0 unspecified atom stereocenters. The van der Waals surface area contributed by atoms with E-state index in [0.717, 1.165) is 39.3 Å². The Morgan fingerprint density at radius 1 is 0.905 bits per heavy atom. The van der Waals surface area contributed by atoms with Gasteiger partial charge in [-0.2, -0.15) is 0 Å². The van der Waals surface area contributed by atoms with Gasteiger partial charge in [0.15, 0.2) is 0 Å². The van der Waals surface area contributed by atoms with E-state index in [4.69, 9.17) is 17.3 Å². The van der Waals surface area contributed by atoms with Crippen molar-refractivity contribution >= 4 is 35.2 Å². The molecule has 0 radical (unpaired) electrons. The van der Waals surface area contributed by atoms with Gasteiger partial charge in [0.25, 0.3) is 0 Å². The van der Waals surface area contributed by atoms with Crippen molar-refractivity contribution in [1.29, 1.82) is 0 Å². The van der Waals surface area contributed by atoms with Gasteiger partial charge in [-0.05, 0) is 110 Å². The van der Waals surface area contributed by atoms with E-state index in [1.54, 1.807) is 23.9 Å². The monoisotopic (exact) mass is 604 g/mol. The normalized spacial score (nSPS) is 23.6. The van der Waals surface area contributed by atoms with Crippen molar-refractivity contribution in [2.24, 2.45) is 23.5 Å². The third kappa shape index (κ3) is 7.97. The number of carboxylic acids is 1. The van der Waals surface area contributed by atoms with Gasteiger partial charge in [-0.15, -0.1) is 11.8 Å². The number of carboxylic acid groups (broad SMARTS) is 1. The highest BCUT2D eigenvalue weighted by molar-refractivity contribution is 7.98. The Balaban J connectivity index is 0.000000262. The van der Waals surface area contributed by atoms with E-state index in [2.05, 4.69) is 0 Å². The van der Waals surface area contributed by atoms with E-state index in [1.165, 1.54) is 38.5 Å². The lowest BCUT2D eigenvalue weighted by atomic mass is 9.53. The van der Waals surface area contributed by atoms with Gasteiger partial charge < -0.3 is 15.7 Å². The molecule has 3 aromatic rings. The van der Waals surface area contributed by atoms with Gasteiger partial charge >= 0.3 is 5.97 Å². The number of carbonyl (C=O) groups excluding carboxylic acids is 1. The highest BCUT2D eigenvalue weighted by Crippen LogP contribution is 2.54. The molecule has 4 aliphatic carbocycles. The fraction of sp³-hybridized carbons (Fsp3) is 0.429. The van der Waals surface area contributed by atoms with Crippen LogP contribution in [-0.2, 0) is 23.5 Å². The smallest absolute Gasteiger partial charge is 0.335 e. The highest BCUT2D eigenvalue weighted by atomic mass is 35.5. The van der Waals surface area contributed by atoms with Crippen molar-refractivity contribution in [1.82, 2.24) is 4.90 Å². The Morgan fingerprint density at radius 2 is 1.48 bits per heavy atom. The number of halogens is 1. The maximum atomic E-state index is 12.8. The lowest BCUT2D eigenvalue weighted by Crippen LogP contribution is -2.55. The summed E-state index contributed by atoms with van der Waals surface area (Å²) in [6, 6.07) is 22.5. The summed E-state index contributed by atoms with van der Waals surface area (Å²) in [5.74, 6) is 2.80. The second kappa shape index (κ2) is 13.7. The van der Waals surface area contributed by atoms with Crippen LogP contribution in [0.3, 0.4) is 0 Å². The zero-order valence-corrected chi connectivity index (χ0v) is 25.9. The molecule has 0 spiro atoms. The lowest BCUT2D eigenvalue weighted by molar-refractivity contribution is -0.130. The molecule has 222 valence electrons. The van der Waals surface area contributed by atoms with Crippen LogP contribution >= 0.6 is 23.4 Å². The number of hydrogen-bond donors (Lipinski definition) is 2. The zero-order chi connectivity index (χ0) is 29.7. The topological polar surface area (TPSA) is 83.6 Å². The second-order valence-electron chi connectivity index (χ2n) is 12.4. The van der Waals surface area contributed by atoms with Crippen LogP contribution in [0.25, 0.3) is 0 Å². The summed E-state index contributed by atoms with van der Waals surface area (Å²) in [5, 5.41) is 9.99. The molecule has 1 amide bonds. The van der Waals surface area contributed by atoms with Crippen molar-refractivity contribution in [3.05, 3.63) is 100 Å². The number of nitrogens with two attached hydrogens (primary N) is 1. The quantitative estimate of drug-likeness (QED) is 0.243. The Morgan fingerprint density at radius 3 is 2.02 bits per heavy atom. The predicted molar refractivity (Wildman–Crippen MR) is 171 cm³/mol. The fourth-order valence-corrected chi connectivity index (χ4v) is 8.40. The molecule has 3 aromatic carbocycles. The van der Waals surface area contributed by atoms with Crippen LogP contribution < -0.4 is 5.73 Å². The van der Waals surface area contributed by atoms with Gasteiger partial charge in [0.1, 0.15) is 0 Å². The summed E-state index contributed by atoms with van der Waals surface area (Å²) in [6.07, 6.45) is 8.91. The fourth-order valence-electron chi connectivity index (χ4n) is 7.37. The number of likely N-dealkylation sites (N-methyl/N-ethyl adjacent to an activating group) is 1. The number of aromatic carboxylic acids is 1. The third-order valence-corrected chi connectivity index (χ3v) is 10.3. The van der Waals surface area contributed by atoms with Gasteiger partial charge in [0, 0.05) is 34.3 Å². The van der Waals surface area contributed by atoms with Gasteiger partial charge in [-0.3, -0.25) is 4.79 Å². The van der Waals surface area contributed by atoms with Crippen LogP contribution in [0.15, 0.2) is 77.7 Å². The van der Waals surface area contributed by atoms with Crippen molar-refractivity contribution in [3.63, 3.8) is 0 Å². The number of carbonyl (C=O) groups is 2. The van der Waals surface area contributed by atoms with Crippen molar-refractivity contribution < 1.29 is 14.7 Å². The summed E-state index contributed by atoms with van der Waals surface area (Å²) < 4.78 is 0. The molecule has 0 saturated heterocycles. The molecule has 4 saturated carbocycles. The summed E-state index contributed by atoms with van der Waals surface area (Å²) >= 11 is 7.51. The van der Waals surface area contributed by atoms with E-state index in [1.807, 2.05) is 72.5 Å². The molecular weight excluding hydrogens is 564 g/mol. The van der Waals surface area contributed by atoms with Gasteiger partial charge in [-0.25, -0.2) is 4.79 Å². The molecule has 7 rings (SSSR count). The second-order valence-corrected chi connectivity index (χ2v) is 13.9. The summed E-state index contributed by atoms with van der Waals surface area (Å²) in [5.41, 5.74) is 9.75. The van der Waals surface area contributed by atoms with E-state index in [0.29, 0.717) is 41.4 Å². The Hall–Kier alpha value is -2.80. The first-order valence-corrected chi connectivity index (χ1v) is 16.4. The minimum atomic E-state index is -0.913. The molecule has 4 bridgehead atoms. The highest BCUT2D eigenvalue weighted by Gasteiger charge is 2.48. The number of thioether (sulfide) groups is 1. The maximum Gasteiger partial charge on any atom is 0.335 e. The van der Waals surface area contributed by atoms with E-state index in [-0.39, 0.29) is 5.91 Å². The molecule has 5 nitrogen and oxygen atoms in total. The first-order chi connectivity index (χ1) is 20.2. The number of nitrogens with zero attached hydrogens (tertiary/aromatic N) is 1. The Bertz CT molecular complexity index is 1340. The summed E-state index contributed by atoms with van der Waals surface area (Å²) in [4.78, 5) is 27.0. The minimum absolute atomic E-state index is 0.0771. The molecular formula is C35H41ClN2O3S. The molecule has 0 atom stereocenters. The van der Waals surface area contributed by atoms with Crippen molar-refractivity contribution in [2.75, 3.05) is 6.54 Å². The molecule has 0 heterocycles. The van der Waals surface area contributed by atoms with Gasteiger partial charge in [0.05, 0.1) is 12.0 Å². The number of amides is 1. The van der Waals surface area contributed by atoms with Crippen LogP contribution in [0, 0.1) is 17.8 Å². The van der Waals surface area contributed by atoms with Gasteiger partial charge in [0.2, 0.25) is 5.91 Å². The molecule has 4 aliphatic rings. The number of rotatable bonds is 9. The van der Waals surface area contributed by atoms with Crippen LogP contribution in [-0.4, -0.2) is 34.0 Å². The Labute approximate surface area is 258 Å².